The minimum Gasteiger partial charge on any atom is -0.445 e. The molecule has 9 nitrogen and oxygen atoms in total. The van der Waals surface area contributed by atoms with Gasteiger partial charge < -0.3 is 15.4 Å². The van der Waals surface area contributed by atoms with Gasteiger partial charge in [0.15, 0.2) is 0 Å². The van der Waals surface area contributed by atoms with E-state index in [2.05, 4.69) is 32.6 Å². The fraction of sp³-hybridized carbons (Fsp3) is 0.536. The Morgan fingerprint density at radius 1 is 1.20 bits per heavy atom. The van der Waals surface area contributed by atoms with Crippen molar-refractivity contribution >= 4 is 17.8 Å². The number of carbonyl (C=O) groups is 2. The first kappa shape index (κ1) is 27.9. The van der Waals surface area contributed by atoms with Crippen molar-refractivity contribution < 1.29 is 27.5 Å². The number of nitrogens with zero attached hydrogens (tertiary/aromatic N) is 4. The number of alkyl carbamates (subject to hydrolysis) is 1. The molecule has 12 heteroatoms. The molecule has 1 aliphatic heterocycles. The minimum atomic E-state index is -4.37. The molecule has 3 atom stereocenters. The lowest BCUT2D eigenvalue weighted by atomic mass is 9.78. The predicted octanol–water partition coefficient (Wildman–Crippen LogP) is 4.78. The van der Waals surface area contributed by atoms with Gasteiger partial charge in [-0.3, -0.25) is 4.79 Å². The second-order valence-corrected chi connectivity index (χ2v) is 11.0. The van der Waals surface area contributed by atoms with Gasteiger partial charge in [-0.2, -0.15) is 18.3 Å². The largest absolute Gasteiger partial charge is 0.445 e. The van der Waals surface area contributed by atoms with E-state index in [4.69, 9.17) is 4.74 Å². The molecule has 2 aromatic heterocycles. The second kappa shape index (κ2) is 11.8. The molecule has 1 aliphatic carbocycles. The number of aromatic nitrogens is 4. The van der Waals surface area contributed by atoms with E-state index in [1.54, 1.807) is 6.20 Å². The van der Waals surface area contributed by atoms with Crippen LogP contribution in [0.3, 0.4) is 0 Å². The van der Waals surface area contributed by atoms with E-state index in [0.717, 1.165) is 31.2 Å². The second-order valence-electron chi connectivity index (χ2n) is 11.0. The summed E-state index contributed by atoms with van der Waals surface area (Å²) in [7, 11) is 0. The summed E-state index contributed by atoms with van der Waals surface area (Å²) < 4.78 is 46.6. The third-order valence-corrected chi connectivity index (χ3v) is 7.97. The van der Waals surface area contributed by atoms with Crippen molar-refractivity contribution in [1.29, 1.82) is 0 Å². The van der Waals surface area contributed by atoms with Crippen molar-refractivity contribution in [3.8, 4) is 0 Å². The van der Waals surface area contributed by atoms with Gasteiger partial charge in [-0.25, -0.2) is 19.3 Å². The molecule has 3 aromatic rings. The Kier molecular flexibility index (Phi) is 8.22. The van der Waals surface area contributed by atoms with Crippen LogP contribution in [0, 0.1) is 23.7 Å². The zero-order valence-electron chi connectivity index (χ0n) is 22.2. The Bertz CT molecular complexity index is 1320. The van der Waals surface area contributed by atoms with E-state index in [0.29, 0.717) is 23.1 Å². The Labute approximate surface area is 229 Å². The zero-order chi connectivity index (χ0) is 28.3. The summed E-state index contributed by atoms with van der Waals surface area (Å²) >= 11 is 0. The predicted molar refractivity (Wildman–Crippen MR) is 139 cm³/mol. The molecule has 1 aromatic carbocycles. The molecule has 5 rings (SSSR count). The summed E-state index contributed by atoms with van der Waals surface area (Å²) in [5.74, 6) is -1.79. The van der Waals surface area contributed by atoms with Crippen molar-refractivity contribution in [2.24, 2.45) is 23.7 Å². The summed E-state index contributed by atoms with van der Waals surface area (Å²) in [5.41, 5.74) is 1.85. The SMILES string of the molecule is CC1CCC([C@H](NC(=O)OCc2ccccc2)c2cn3nc(C[C@H]4C[C@@H](C(F)(F)F)CNC4=O)cnc3n2)CC1. The van der Waals surface area contributed by atoms with E-state index in [-0.39, 0.29) is 25.4 Å². The molecule has 2 amide bonds. The number of rotatable bonds is 7. The molecular formula is C28H33F3N6O3. The molecule has 3 heterocycles. The lowest BCUT2D eigenvalue weighted by Gasteiger charge is -2.32. The molecule has 1 saturated heterocycles. The molecule has 2 N–H and O–H groups in total. The van der Waals surface area contributed by atoms with Gasteiger partial charge in [0.25, 0.3) is 5.78 Å². The van der Waals surface area contributed by atoms with Gasteiger partial charge in [0.1, 0.15) is 6.61 Å². The number of fused-ring (bicyclic) bond motifs is 1. The number of hydrogen-bond acceptors (Lipinski definition) is 6. The van der Waals surface area contributed by atoms with Gasteiger partial charge in [-0.1, -0.05) is 50.1 Å². The molecule has 0 spiro atoms. The van der Waals surface area contributed by atoms with E-state index < -0.39 is 42.6 Å². The number of benzene rings is 1. The average Bonchev–Trinajstić information content (AvgIpc) is 3.35. The van der Waals surface area contributed by atoms with Crippen LogP contribution in [-0.2, 0) is 22.6 Å². The first-order chi connectivity index (χ1) is 19.2. The minimum absolute atomic E-state index is 0.0306. The number of ether oxygens (including phenoxy) is 1. The maximum absolute atomic E-state index is 13.2. The fourth-order valence-electron chi connectivity index (χ4n) is 5.60. The molecule has 40 heavy (non-hydrogen) atoms. The van der Waals surface area contributed by atoms with Crippen LogP contribution < -0.4 is 10.6 Å². The summed E-state index contributed by atoms with van der Waals surface area (Å²) in [4.78, 5) is 34.0. The maximum Gasteiger partial charge on any atom is 0.408 e. The van der Waals surface area contributed by atoms with Gasteiger partial charge in [-0.05, 0) is 36.7 Å². The molecule has 1 saturated carbocycles. The number of imidazole rings is 1. The van der Waals surface area contributed by atoms with Crippen molar-refractivity contribution in [2.45, 2.75) is 64.3 Å². The number of amides is 2. The summed E-state index contributed by atoms with van der Waals surface area (Å²) in [6.07, 6.45) is 1.86. The van der Waals surface area contributed by atoms with Crippen LogP contribution in [0.2, 0.25) is 0 Å². The Morgan fingerprint density at radius 3 is 2.67 bits per heavy atom. The third kappa shape index (κ3) is 6.71. The van der Waals surface area contributed by atoms with Crippen molar-refractivity contribution in [2.75, 3.05) is 6.54 Å². The summed E-state index contributed by atoms with van der Waals surface area (Å²) in [6, 6.07) is 8.99. The van der Waals surface area contributed by atoms with Crippen LogP contribution >= 0.6 is 0 Å². The number of alkyl halides is 3. The fourth-order valence-corrected chi connectivity index (χ4v) is 5.60. The third-order valence-electron chi connectivity index (χ3n) is 7.97. The summed E-state index contributed by atoms with van der Waals surface area (Å²) in [5, 5.41) is 9.86. The van der Waals surface area contributed by atoms with Gasteiger partial charge in [0.2, 0.25) is 5.91 Å². The smallest absolute Gasteiger partial charge is 0.408 e. The van der Waals surface area contributed by atoms with Crippen LogP contribution in [0.15, 0.2) is 42.7 Å². The molecule has 214 valence electrons. The number of nitrogens with one attached hydrogen (secondary N) is 2. The van der Waals surface area contributed by atoms with Gasteiger partial charge in [-0.15, -0.1) is 0 Å². The van der Waals surface area contributed by atoms with Gasteiger partial charge in [0, 0.05) is 18.9 Å². The number of piperidine rings is 1. The molecule has 2 fully saturated rings. The topological polar surface area (TPSA) is 111 Å². The highest BCUT2D eigenvalue weighted by atomic mass is 19.4. The highest BCUT2D eigenvalue weighted by molar-refractivity contribution is 5.79. The van der Waals surface area contributed by atoms with Gasteiger partial charge >= 0.3 is 12.3 Å². The number of hydrogen-bond donors (Lipinski definition) is 2. The van der Waals surface area contributed by atoms with E-state index in [1.807, 2.05) is 30.3 Å². The van der Waals surface area contributed by atoms with Crippen LogP contribution in [-0.4, -0.2) is 44.3 Å². The standard InChI is InChI=1S/C28H33F3N6O3/c1-17-7-9-19(10-8-17)24(35-27(39)40-16-18-5-3-2-4-6-18)23-15-37-26(34-23)33-14-22(36-37)12-20-11-21(28(29,30)31)13-32-25(20)38/h2-6,14-15,17,19-21,24H,7-13,16H2,1H3,(H,32,38)(H,35,39)/t17?,19?,20-,21-,24+/m1/s1. The average molecular weight is 559 g/mol. The quantitative estimate of drug-likeness (QED) is 0.432. The van der Waals surface area contributed by atoms with Crippen LogP contribution in [0.5, 0.6) is 0 Å². The highest BCUT2D eigenvalue weighted by Crippen LogP contribution is 2.37. The first-order valence-electron chi connectivity index (χ1n) is 13.7. The molecule has 0 radical (unpaired) electrons. The van der Waals surface area contributed by atoms with E-state index >= 15 is 0 Å². The molecule has 2 aliphatic rings. The van der Waals surface area contributed by atoms with Crippen LogP contribution in [0.1, 0.15) is 62.0 Å². The van der Waals surface area contributed by atoms with Gasteiger partial charge in [0.05, 0.1) is 35.7 Å². The van der Waals surface area contributed by atoms with Crippen molar-refractivity contribution in [3.63, 3.8) is 0 Å². The number of carbonyl (C=O) groups excluding carboxylic acids is 2. The van der Waals surface area contributed by atoms with Crippen LogP contribution in [0.25, 0.3) is 5.78 Å². The lowest BCUT2D eigenvalue weighted by Crippen LogP contribution is -2.47. The lowest BCUT2D eigenvalue weighted by molar-refractivity contribution is -0.183. The first-order valence-corrected chi connectivity index (χ1v) is 13.7. The normalized spacial score (nSPS) is 24.4. The maximum atomic E-state index is 13.2. The Balaban J connectivity index is 1.32. The molecule has 0 bridgehead atoms. The molecule has 0 unspecified atom stereocenters. The Morgan fingerprint density at radius 2 is 1.95 bits per heavy atom. The van der Waals surface area contributed by atoms with E-state index in [9.17, 15) is 22.8 Å². The highest BCUT2D eigenvalue weighted by Gasteiger charge is 2.44. The zero-order valence-corrected chi connectivity index (χ0v) is 22.2. The molecular weight excluding hydrogens is 525 g/mol. The summed E-state index contributed by atoms with van der Waals surface area (Å²) in [6.45, 7) is 1.95. The Hall–Kier alpha value is -3.70. The van der Waals surface area contributed by atoms with Crippen molar-refractivity contribution in [3.05, 3.63) is 59.7 Å². The van der Waals surface area contributed by atoms with E-state index in [1.165, 1.54) is 10.7 Å². The van der Waals surface area contributed by atoms with Crippen molar-refractivity contribution in [1.82, 2.24) is 30.2 Å². The monoisotopic (exact) mass is 558 g/mol. The van der Waals surface area contributed by atoms with Crippen LogP contribution in [0.4, 0.5) is 18.0 Å². The number of halogens is 3.